The molecule has 1 N–H and O–H groups in total. The Hall–Kier alpha value is -0.860. The van der Waals surface area contributed by atoms with Crippen molar-refractivity contribution in [3.63, 3.8) is 0 Å². The monoisotopic (exact) mass is 284 g/mol. The predicted octanol–water partition coefficient (Wildman–Crippen LogP) is 3.14. The molecule has 0 radical (unpaired) electrons. The number of hydrogen-bond donors (Lipinski definition) is 1. The minimum atomic E-state index is -0.767. The lowest BCUT2D eigenvalue weighted by molar-refractivity contribution is -0.126. The average Bonchev–Trinajstić information content (AvgIpc) is 2.50. The minimum Gasteiger partial charge on any atom is -0.316 e. The van der Waals surface area contributed by atoms with Crippen molar-refractivity contribution in [3.8, 4) is 6.07 Å². The number of hydrogen-bond acceptors (Lipinski definition) is 3. The van der Waals surface area contributed by atoms with Crippen molar-refractivity contribution < 1.29 is 4.79 Å². The molecule has 1 aliphatic rings. The first-order valence-corrected chi connectivity index (χ1v) is 6.30. The second-order valence-electron chi connectivity index (χ2n) is 3.63. The number of nitrogens with zero attached hydrogens (tertiary/aromatic N) is 1. The number of nitriles is 1. The first-order valence-electron chi connectivity index (χ1n) is 4.63. The number of carbonyl (C=O) groups is 1. The van der Waals surface area contributed by atoms with Crippen LogP contribution in [0.2, 0.25) is 0 Å². The van der Waals surface area contributed by atoms with Gasteiger partial charge in [0.1, 0.15) is 5.41 Å². The summed E-state index contributed by atoms with van der Waals surface area (Å²) in [6.07, 6.45) is 2.33. The molecule has 78 valence electrons. The molecule has 2 rings (SSSR count). The van der Waals surface area contributed by atoms with Gasteiger partial charge in [0.05, 0.1) is 11.1 Å². The Morgan fingerprint density at radius 3 is 2.80 bits per heavy atom. The standard InChI is InChI=1S/C10H9BrN2OS/c11-7-4-8(15-5-7)13-9(14)10(6-12)2-1-3-10/h4-5H,1-3H2,(H,13,14). The summed E-state index contributed by atoms with van der Waals surface area (Å²) in [5, 5.41) is 14.4. The molecule has 1 aromatic heterocycles. The average molecular weight is 285 g/mol. The first kappa shape index (κ1) is 10.7. The third kappa shape index (κ3) is 1.92. The van der Waals surface area contributed by atoms with E-state index in [1.54, 1.807) is 0 Å². The smallest absolute Gasteiger partial charge is 0.245 e. The lowest BCUT2D eigenvalue weighted by Gasteiger charge is -2.32. The summed E-state index contributed by atoms with van der Waals surface area (Å²) in [6.45, 7) is 0. The van der Waals surface area contributed by atoms with Gasteiger partial charge in [-0.15, -0.1) is 11.3 Å². The number of thiophene rings is 1. The Morgan fingerprint density at radius 2 is 2.40 bits per heavy atom. The van der Waals surface area contributed by atoms with Crippen molar-refractivity contribution in [2.75, 3.05) is 5.32 Å². The van der Waals surface area contributed by atoms with Gasteiger partial charge in [-0.3, -0.25) is 4.79 Å². The van der Waals surface area contributed by atoms with E-state index in [1.807, 2.05) is 11.4 Å². The lowest BCUT2D eigenvalue weighted by Crippen LogP contribution is -2.40. The summed E-state index contributed by atoms with van der Waals surface area (Å²) in [6, 6.07) is 3.96. The van der Waals surface area contributed by atoms with Gasteiger partial charge in [-0.1, -0.05) is 0 Å². The van der Waals surface area contributed by atoms with Gasteiger partial charge < -0.3 is 5.32 Å². The second-order valence-corrected chi connectivity index (χ2v) is 5.46. The highest BCUT2D eigenvalue weighted by atomic mass is 79.9. The van der Waals surface area contributed by atoms with E-state index in [0.717, 1.165) is 15.9 Å². The third-order valence-electron chi connectivity index (χ3n) is 2.66. The number of nitrogens with one attached hydrogen (secondary N) is 1. The van der Waals surface area contributed by atoms with Gasteiger partial charge in [0.15, 0.2) is 0 Å². The molecule has 3 nitrogen and oxygen atoms in total. The molecule has 0 bridgehead atoms. The Kier molecular flexibility index (Phi) is 2.81. The van der Waals surface area contributed by atoms with Crippen molar-refractivity contribution in [2.45, 2.75) is 19.3 Å². The van der Waals surface area contributed by atoms with E-state index in [1.165, 1.54) is 11.3 Å². The van der Waals surface area contributed by atoms with E-state index >= 15 is 0 Å². The van der Waals surface area contributed by atoms with Gasteiger partial charge in [-0.25, -0.2) is 0 Å². The van der Waals surface area contributed by atoms with Crippen LogP contribution in [0.15, 0.2) is 15.9 Å². The number of halogens is 1. The van der Waals surface area contributed by atoms with Crippen molar-refractivity contribution in [3.05, 3.63) is 15.9 Å². The van der Waals surface area contributed by atoms with E-state index in [9.17, 15) is 4.79 Å². The third-order valence-corrected chi connectivity index (χ3v) is 4.27. The van der Waals surface area contributed by atoms with Gasteiger partial charge >= 0.3 is 0 Å². The van der Waals surface area contributed by atoms with E-state index in [-0.39, 0.29) is 5.91 Å². The van der Waals surface area contributed by atoms with Gasteiger partial charge in [-0.05, 0) is 41.3 Å². The van der Waals surface area contributed by atoms with Gasteiger partial charge in [0.2, 0.25) is 5.91 Å². The summed E-state index contributed by atoms with van der Waals surface area (Å²) in [5.74, 6) is -0.161. The van der Waals surface area contributed by atoms with Crippen LogP contribution in [0.4, 0.5) is 5.00 Å². The van der Waals surface area contributed by atoms with E-state index in [4.69, 9.17) is 5.26 Å². The van der Waals surface area contributed by atoms with Crippen LogP contribution < -0.4 is 5.32 Å². The molecule has 1 amide bonds. The van der Waals surface area contributed by atoms with Crippen molar-refractivity contribution in [1.29, 1.82) is 5.26 Å². The maximum atomic E-state index is 11.8. The highest BCUT2D eigenvalue weighted by Crippen LogP contribution is 2.41. The Bertz CT molecular complexity index is 431. The largest absolute Gasteiger partial charge is 0.316 e. The van der Waals surface area contributed by atoms with Crippen LogP contribution in [0, 0.1) is 16.7 Å². The van der Waals surface area contributed by atoms with Crippen LogP contribution in [0.3, 0.4) is 0 Å². The van der Waals surface area contributed by atoms with Crippen LogP contribution in [-0.4, -0.2) is 5.91 Å². The SMILES string of the molecule is N#CC1(C(=O)Nc2cc(Br)cs2)CCC1. The van der Waals surface area contributed by atoms with Crippen LogP contribution >= 0.6 is 27.3 Å². The normalized spacial score (nSPS) is 17.6. The number of carbonyl (C=O) groups excluding carboxylic acids is 1. The predicted molar refractivity (Wildman–Crippen MR) is 62.5 cm³/mol. The molecule has 0 spiro atoms. The molecule has 0 aromatic carbocycles. The molecule has 1 aromatic rings. The van der Waals surface area contributed by atoms with Crippen LogP contribution in [0.25, 0.3) is 0 Å². The zero-order valence-electron chi connectivity index (χ0n) is 7.92. The lowest BCUT2D eigenvalue weighted by atomic mass is 9.69. The number of rotatable bonds is 2. The fraction of sp³-hybridized carbons (Fsp3) is 0.400. The topological polar surface area (TPSA) is 52.9 Å². The molecule has 1 aliphatic carbocycles. The summed E-state index contributed by atoms with van der Waals surface area (Å²) in [4.78, 5) is 11.8. The highest BCUT2D eigenvalue weighted by Gasteiger charge is 2.44. The molecule has 1 saturated carbocycles. The second kappa shape index (κ2) is 3.95. The molecule has 5 heteroatoms. The van der Waals surface area contributed by atoms with Crippen molar-refractivity contribution >= 4 is 38.2 Å². The van der Waals surface area contributed by atoms with E-state index in [0.29, 0.717) is 12.8 Å². The van der Waals surface area contributed by atoms with Crippen molar-refractivity contribution in [1.82, 2.24) is 0 Å². The number of amides is 1. The Labute approximate surface area is 100 Å². The Balaban J connectivity index is 2.07. The van der Waals surface area contributed by atoms with E-state index < -0.39 is 5.41 Å². The van der Waals surface area contributed by atoms with Crippen molar-refractivity contribution in [2.24, 2.45) is 5.41 Å². The van der Waals surface area contributed by atoms with Crippen LogP contribution in [0.1, 0.15) is 19.3 Å². The molecule has 0 aliphatic heterocycles. The molecule has 0 saturated heterocycles. The zero-order chi connectivity index (χ0) is 10.9. The minimum absolute atomic E-state index is 0.161. The van der Waals surface area contributed by atoms with E-state index in [2.05, 4.69) is 27.3 Å². The van der Waals surface area contributed by atoms with Gasteiger partial charge in [-0.2, -0.15) is 5.26 Å². The number of anilines is 1. The molecular weight excluding hydrogens is 276 g/mol. The summed E-state index contributed by atoms with van der Waals surface area (Å²) in [5.41, 5.74) is -0.767. The summed E-state index contributed by atoms with van der Waals surface area (Å²) < 4.78 is 0.947. The fourth-order valence-electron chi connectivity index (χ4n) is 1.53. The molecule has 15 heavy (non-hydrogen) atoms. The van der Waals surface area contributed by atoms with Gasteiger partial charge in [0.25, 0.3) is 0 Å². The maximum Gasteiger partial charge on any atom is 0.245 e. The molecular formula is C10H9BrN2OS. The molecule has 1 heterocycles. The molecule has 0 atom stereocenters. The molecule has 0 unspecified atom stereocenters. The first-order chi connectivity index (χ1) is 7.16. The summed E-state index contributed by atoms with van der Waals surface area (Å²) >= 11 is 4.77. The highest BCUT2D eigenvalue weighted by molar-refractivity contribution is 9.10. The van der Waals surface area contributed by atoms with Crippen LogP contribution in [0.5, 0.6) is 0 Å². The zero-order valence-corrected chi connectivity index (χ0v) is 10.3. The quantitative estimate of drug-likeness (QED) is 0.907. The maximum absolute atomic E-state index is 11.8. The fourth-order valence-corrected chi connectivity index (χ4v) is 2.85. The summed E-state index contributed by atoms with van der Waals surface area (Å²) in [7, 11) is 0. The van der Waals surface area contributed by atoms with Crippen LogP contribution in [-0.2, 0) is 4.79 Å². The molecule has 1 fully saturated rings. The Morgan fingerprint density at radius 1 is 1.67 bits per heavy atom. The van der Waals surface area contributed by atoms with Gasteiger partial charge in [0, 0.05) is 9.85 Å².